The maximum absolute atomic E-state index is 12.1. The van der Waals surface area contributed by atoms with Gasteiger partial charge >= 0.3 is 0 Å². The number of amides is 1. The van der Waals surface area contributed by atoms with Gasteiger partial charge in [0.05, 0.1) is 0 Å². The Morgan fingerprint density at radius 1 is 1.15 bits per heavy atom. The first-order valence-electron chi connectivity index (χ1n) is 8.49. The average Bonchev–Trinajstić information content (AvgIpc) is 2.95. The van der Waals surface area contributed by atoms with E-state index in [-0.39, 0.29) is 5.91 Å². The Morgan fingerprint density at radius 2 is 1.85 bits per heavy atom. The lowest BCUT2D eigenvalue weighted by atomic mass is 9.86. The third-order valence-corrected chi connectivity index (χ3v) is 5.35. The number of carbonyl (C=O) groups excluding carboxylic acids is 1. The van der Waals surface area contributed by atoms with Gasteiger partial charge in [-0.25, -0.2) is 0 Å². The molecule has 0 aromatic heterocycles. The van der Waals surface area contributed by atoms with Gasteiger partial charge in [0.25, 0.3) is 0 Å². The number of fused-ring (bicyclic) bond motifs is 2. The van der Waals surface area contributed by atoms with Crippen molar-refractivity contribution in [1.82, 2.24) is 10.2 Å². The largest absolute Gasteiger partial charge is 0.355 e. The number of carbonyl (C=O) groups is 1. The molecule has 2 bridgehead atoms. The topological polar surface area (TPSA) is 32.3 Å². The van der Waals surface area contributed by atoms with Gasteiger partial charge in [-0.2, -0.15) is 0 Å². The van der Waals surface area contributed by atoms with E-state index in [4.69, 9.17) is 0 Å². The summed E-state index contributed by atoms with van der Waals surface area (Å²) < 4.78 is 0. The molecule has 2 aliphatic carbocycles. The van der Waals surface area contributed by atoms with Gasteiger partial charge in [0.1, 0.15) is 0 Å². The molecule has 116 valence electrons. The minimum atomic E-state index is 0.273. The van der Waals surface area contributed by atoms with E-state index in [9.17, 15) is 4.79 Å². The van der Waals surface area contributed by atoms with Crippen molar-refractivity contribution >= 4 is 5.91 Å². The fourth-order valence-electron chi connectivity index (χ4n) is 4.37. The number of nitrogens with zero attached hydrogens (tertiary/aromatic N) is 1. The zero-order chi connectivity index (χ0) is 14.7. The lowest BCUT2D eigenvalue weighted by molar-refractivity contribution is -0.122. The lowest BCUT2D eigenvalue weighted by Gasteiger charge is -2.30. The van der Waals surface area contributed by atoms with Crippen LogP contribution in [0.25, 0.3) is 0 Å². The molecule has 0 aliphatic heterocycles. The monoisotopic (exact) mass is 280 g/mol. The molecule has 0 aromatic carbocycles. The van der Waals surface area contributed by atoms with Crippen molar-refractivity contribution in [2.45, 2.75) is 71.9 Å². The van der Waals surface area contributed by atoms with Crippen molar-refractivity contribution in [2.24, 2.45) is 17.8 Å². The number of rotatable bonds is 7. The molecule has 1 amide bonds. The third kappa shape index (κ3) is 3.97. The van der Waals surface area contributed by atoms with Crippen LogP contribution < -0.4 is 5.32 Å². The van der Waals surface area contributed by atoms with Crippen molar-refractivity contribution in [3.63, 3.8) is 0 Å². The molecule has 1 N–H and O–H groups in total. The first-order chi connectivity index (χ1) is 9.47. The van der Waals surface area contributed by atoms with Crippen LogP contribution in [0.2, 0.25) is 0 Å². The van der Waals surface area contributed by atoms with Gasteiger partial charge in [-0.05, 0) is 64.7 Å². The fourth-order valence-corrected chi connectivity index (χ4v) is 4.37. The Morgan fingerprint density at radius 3 is 2.35 bits per heavy atom. The summed E-state index contributed by atoms with van der Waals surface area (Å²) in [6, 6.07) is 1.08. The molecule has 0 spiro atoms. The summed E-state index contributed by atoms with van der Waals surface area (Å²) in [7, 11) is 0. The molecule has 3 atom stereocenters. The van der Waals surface area contributed by atoms with Crippen LogP contribution >= 0.6 is 0 Å². The molecule has 3 unspecified atom stereocenters. The highest BCUT2D eigenvalue weighted by Gasteiger charge is 2.39. The van der Waals surface area contributed by atoms with Crippen LogP contribution in [0.1, 0.15) is 59.8 Å². The van der Waals surface area contributed by atoms with Crippen LogP contribution in [-0.2, 0) is 4.79 Å². The molecular formula is C17H32N2O. The Bertz CT molecular complexity index is 319. The maximum Gasteiger partial charge on any atom is 0.220 e. The molecule has 0 saturated heterocycles. The summed E-state index contributed by atoms with van der Waals surface area (Å²) in [5.74, 6) is 2.75. The minimum absolute atomic E-state index is 0.273. The highest BCUT2D eigenvalue weighted by molar-refractivity contribution is 5.76. The lowest BCUT2D eigenvalue weighted by Crippen LogP contribution is -2.42. The highest BCUT2D eigenvalue weighted by Crippen LogP contribution is 2.49. The summed E-state index contributed by atoms with van der Waals surface area (Å²) in [6.45, 7) is 10.6. The molecule has 0 heterocycles. The average molecular weight is 280 g/mol. The second kappa shape index (κ2) is 6.93. The number of hydrogen-bond acceptors (Lipinski definition) is 2. The van der Waals surface area contributed by atoms with Gasteiger partial charge in [-0.3, -0.25) is 9.69 Å². The summed E-state index contributed by atoms with van der Waals surface area (Å²) in [5, 5.41) is 3.13. The maximum atomic E-state index is 12.1. The van der Waals surface area contributed by atoms with Crippen LogP contribution in [0.5, 0.6) is 0 Å². The molecule has 2 rings (SSSR count). The fraction of sp³-hybridized carbons (Fsp3) is 0.941. The molecule has 0 radical (unpaired) electrons. The number of nitrogens with one attached hydrogen (secondary N) is 1. The zero-order valence-corrected chi connectivity index (χ0v) is 13.7. The van der Waals surface area contributed by atoms with Crippen molar-refractivity contribution in [1.29, 1.82) is 0 Å². The molecular weight excluding hydrogens is 248 g/mol. The quantitative estimate of drug-likeness (QED) is 0.777. The second-order valence-corrected chi connectivity index (χ2v) is 7.41. The van der Waals surface area contributed by atoms with E-state index in [2.05, 4.69) is 37.9 Å². The number of hydrogen-bond donors (Lipinski definition) is 1. The third-order valence-electron chi connectivity index (χ3n) is 5.35. The normalized spacial score (nSPS) is 28.9. The Kier molecular flexibility index (Phi) is 5.48. The van der Waals surface area contributed by atoms with Gasteiger partial charge in [-0.1, -0.05) is 6.42 Å². The SMILES string of the molecule is CC(C)N(CCNC(=O)CC1CC2CCC1C2)C(C)C. The van der Waals surface area contributed by atoms with Crippen LogP contribution in [0.3, 0.4) is 0 Å². The molecule has 0 aromatic rings. The van der Waals surface area contributed by atoms with E-state index in [1.807, 2.05) is 0 Å². The van der Waals surface area contributed by atoms with E-state index >= 15 is 0 Å². The first kappa shape index (κ1) is 15.8. The van der Waals surface area contributed by atoms with Gasteiger partial charge in [0.15, 0.2) is 0 Å². The van der Waals surface area contributed by atoms with E-state index in [0.29, 0.717) is 18.0 Å². The Labute approximate surface area is 124 Å². The summed E-state index contributed by atoms with van der Waals surface area (Å²) in [6.07, 6.45) is 6.26. The summed E-state index contributed by atoms with van der Waals surface area (Å²) in [4.78, 5) is 14.5. The highest BCUT2D eigenvalue weighted by atomic mass is 16.1. The summed E-state index contributed by atoms with van der Waals surface area (Å²) in [5.41, 5.74) is 0. The van der Waals surface area contributed by atoms with E-state index in [1.165, 1.54) is 25.7 Å². The molecule has 3 nitrogen and oxygen atoms in total. The van der Waals surface area contributed by atoms with Crippen molar-refractivity contribution in [3.05, 3.63) is 0 Å². The van der Waals surface area contributed by atoms with Crippen molar-refractivity contribution in [3.8, 4) is 0 Å². The molecule has 2 fully saturated rings. The van der Waals surface area contributed by atoms with Gasteiger partial charge < -0.3 is 5.32 Å². The standard InChI is InChI=1S/C17H32N2O/c1-12(2)19(13(3)4)8-7-18-17(20)11-16-10-14-5-6-15(16)9-14/h12-16H,5-11H2,1-4H3,(H,18,20). The van der Waals surface area contributed by atoms with Crippen LogP contribution in [0.15, 0.2) is 0 Å². The summed E-state index contributed by atoms with van der Waals surface area (Å²) >= 11 is 0. The predicted octanol–water partition coefficient (Wildman–Crippen LogP) is 3.05. The Hall–Kier alpha value is -0.570. The van der Waals surface area contributed by atoms with Crippen molar-refractivity contribution < 1.29 is 4.79 Å². The molecule has 2 aliphatic rings. The second-order valence-electron chi connectivity index (χ2n) is 7.41. The predicted molar refractivity (Wildman–Crippen MR) is 83.5 cm³/mol. The molecule has 3 heteroatoms. The van der Waals surface area contributed by atoms with Gasteiger partial charge in [-0.15, -0.1) is 0 Å². The molecule has 2 saturated carbocycles. The van der Waals surface area contributed by atoms with Gasteiger partial charge in [0, 0.05) is 31.6 Å². The molecule has 20 heavy (non-hydrogen) atoms. The Balaban J connectivity index is 1.65. The van der Waals surface area contributed by atoms with E-state index < -0.39 is 0 Å². The van der Waals surface area contributed by atoms with E-state index in [0.717, 1.165) is 31.3 Å². The van der Waals surface area contributed by atoms with Gasteiger partial charge in [0.2, 0.25) is 5.91 Å². The van der Waals surface area contributed by atoms with Crippen LogP contribution in [0.4, 0.5) is 0 Å². The van der Waals surface area contributed by atoms with Crippen molar-refractivity contribution in [2.75, 3.05) is 13.1 Å². The minimum Gasteiger partial charge on any atom is -0.355 e. The van der Waals surface area contributed by atoms with Crippen LogP contribution in [0, 0.1) is 17.8 Å². The van der Waals surface area contributed by atoms with E-state index in [1.54, 1.807) is 0 Å². The van der Waals surface area contributed by atoms with Crippen LogP contribution in [-0.4, -0.2) is 36.0 Å². The first-order valence-corrected chi connectivity index (χ1v) is 8.49. The zero-order valence-electron chi connectivity index (χ0n) is 13.7. The smallest absolute Gasteiger partial charge is 0.220 e.